The molecule has 0 fully saturated rings. The molecule has 3 aromatic rings. The summed E-state index contributed by atoms with van der Waals surface area (Å²) in [5, 5.41) is 4.36. The first-order valence-corrected chi connectivity index (χ1v) is 12.7. The highest BCUT2D eigenvalue weighted by molar-refractivity contribution is 7.14. The molecule has 1 aliphatic rings. The molecule has 1 N–H and O–H groups in total. The number of nitrogens with zero attached hydrogens (tertiary/aromatic N) is 1. The van der Waals surface area contributed by atoms with Gasteiger partial charge in [0, 0.05) is 29.7 Å². The highest BCUT2D eigenvalue weighted by Gasteiger charge is 2.31. The normalized spacial score (nSPS) is 16.6. The van der Waals surface area contributed by atoms with E-state index in [4.69, 9.17) is 4.74 Å². The number of halogens is 3. The molecule has 0 bridgehead atoms. The summed E-state index contributed by atoms with van der Waals surface area (Å²) in [6.07, 6.45) is 2.11. The number of rotatable bonds is 9. The molecule has 0 aliphatic heterocycles. The largest absolute Gasteiger partial charge is 0.489 e. The van der Waals surface area contributed by atoms with Gasteiger partial charge in [0.15, 0.2) is 0 Å². The second-order valence-electron chi connectivity index (χ2n) is 9.04. The van der Waals surface area contributed by atoms with Crippen molar-refractivity contribution >= 4 is 11.3 Å². The van der Waals surface area contributed by atoms with E-state index >= 15 is 0 Å². The Morgan fingerprint density at radius 2 is 1.97 bits per heavy atom. The smallest absolute Gasteiger partial charge is 0.389 e. The Hall–Kier alpha value is -3.10. The number of allylic oxidation sites excluding steroid dienone is 2. The maximum atomic E-state index is 12.8. The number of nitrogens with one attached hydrogen (secondary N) is 1. The maximum Gasteiger partial charge on any atom is 0.389 e. The lowest BCUT2D eigenvalue weighted by atomic mass is 9.93. The van der Waals surface area contributed by atoms with Gasteiger partial charge in [0.05, 0.1) is 6.42 Å². The summed E-state index contributed by atoms with van der Waals surface area (Å²) in [4.78, 5) is 14.0. The van der Waals surface area contributed by atoms with E-state index in [2.05, 4.69) is 24.4 Å². The molecule has 0 saturated carbocycles. The Bertz CT molecular complexity index is 1290. The van der Waals surface area contributed by atoms with Crippen molar-refractivity contribution < 1.29 is 17.9 Å². The van der Waals surface area contributed by atoms with Crippen molar-refractivity contribution in [2.45, 2.75) is 45.5 Å². The molecule has 0 amide bonds. The minimum atomic E-state index is -4.20. The summed E-state index contributed by atoms with van der Waals surface area (Å²) in [5.74, 6) is -0.197. The summed E-state index contributed by atoms with van der Waals surface area (Å²) < 4.78 is 45.4. The van der Waals surface area contributed by atoms with Crippen LogP contribution in [0.5, 0.6) is 5.75 Å². The molecule has 4 nitrogen and oxygen atoms in total. The molecule has 190 valence electrons. The first-order valence-electron chi connectivity index (χ1n) is 11.9. The summed E-state index contributed by atoms with van der Waals surface area (Å²) in [6.45, 7) is 5.01. The summed E-state index contributed by atoms with van der Waals surface area (Å²) in [6, 6.07) is 15.4. The number of alkyl halides is 3. The molecular formula is C28H29F3N2O2S. The second-order valence-corrected chi connectivity index (χ2v) is 10.1. The van der Waals surface area contributed by atoms with Crippen molar-refractivity contribution in [1.29, 1.82) is 0 Å². The van der Waals surface area contributed by atoms with Crippen LogP contribution in [-0.4, -0.2) is 17.4 Å². The van der Waals surface area contributed by atoms with Crippen LogP contribution in [0.2, 0.25) is 0 Å². The van der Waals surface area contributed by atoms with Crippen molar-refractivity contribution in [1.82, 2.24) is 9.88 Å². The second kappa shape index (κ2) is 11.3. The summed E-state index contributed by atoms with van der Waals surface area (Å²) >= 11 is 1.57. The molecule has 0 spiro atoms. The van der Waals surface area contributed by atoms with E-state index < -0.39 is 18.5 Å². The van der Waals surface area contributed by atoms with Gasteiger partial charge in [-0.25, -0.2) is 0 Å². The van der Waals surface area contributed by atoms with E-state index in [1.54, 1.807) is 46.4 Å². The van der Waals surface area contributed by atoms with Gasteiger partial charge in [0.1, 0.15) is 17.4 Å². The molecule has 2 atom stereocenters. The van der Waals surface area contributed by atoms with Crippen molar-refractivity contribution in [3.05, 3.63) is 105 Å². The quantitative estimate of drug-likeness (QED) is 0.338. The predicted molar refractivity (Wildman–Crippen MR) is 138 cm³/mol. The summed E-state index contributed by atoms with van der Waals surface area (Å²) in [7, 11) is 0. The molecule has 0 saturated heterocycles. The fraction of sp³-hybridized carbons (Fsp3) is 0.321. The van der Waals surface area contributed by atoms with E-state index in [1.807, 2.05) is 31.2 Å². The van der Waals surface area contributed by atoms with Crippen molar-refractivity contribution in [2.75, 3.05) is 6.61 Å². The van der Waals surface area contributed by atoms with Gasteiger partial charge in [-0.1, -0.05) is 48.6 Å². The van der Waals surface area contributed by atoms with E-state index in [1.165, 1.54) is 11.6 Å². The number of thiophene rings is 1. The number of hydrogen-bond donors (Lipinski definition) is 1. The highest BCUT2D eigenvalue weighted by Crippen LogP contribution is 2.31. The topological polar surface area (TPSA) is 43.3 Å². The van der Waals surface area contributed by atoms with Crippen LogP contribution < -0.4 is 15.6 Å². The molecule has 4 rings (SSSR count). The molecular weight excluding hydrogens is 485 g/mol. The number of hydrogen-bond acceptors (Lipinski definition) is 4. The van der Waals surface area contributed by atoms with Crippen molar-refractivity contribution in [2.24, 2.45) is 5.92 Å². The number of ether oxygens (including phenoxy) is 1. The Kier molecular flexibility index (Phi) is 8.16. The molecule has 1 aliphatic carbocycles. The van der Waals surface area contributed by atoms with Gasteiger partial charge >= 0.3 is 6.18 Å². The third-order valence-electron chi connectivity index (χ3n) is 6.04. The molecule has 36 heavy (non-hydrogen) atoms. The lowest BCUT2D eigenvalue weighted by Crippen LogP contribution is -2.18. The first-order chi connectivity index (χ1) is 17.2. The van der Waals surface area contributed by atoms with Crippen LogP contribution in [0.25, 0.3) is 5.00 Å². The van der Waals surface area contributed by atoms with Gasteiger partial charge in [-0.3, -0.25) is 9.36 Å². The van der Waals surface area contributed by atoms with Gasteiger partial charge in [-0.15, -0.1) is 11.3 Å². The number of pyridine rings is 1. The van der Waals surface area contributed by atoms with E-state index in [0.717, 1.165) is 22.0 Å². The van der Waals surface area contributed by atoms with Gasteiger partial charge in [0.2, 0.25) is 0 Å². The minimum absolute atomic E-state index is 0.112. The fourth-order valence-corrected chi connectivity index (χ4v) is 5.43. The summed E-state index contributed by atoms with van der Waals surface area (Å²) in [5.41, 5.74) is 2.77. The van der Waals surface area contributed by atoms with Crippen molar-refractivity contribution in [3.63, 3.8) is 0 Å². The average Bonchev–Trinajstić information content (AvgIpc) is 3.22. The van der Waals surface area contributed by atoms with Gasteiger partial charge < -0.3 is 10.1 Å². The Labute approximate surface area is 212 Å². The molecule has 2 aromatic heterocycles. The van der Waals surface area contributed by atoms with Crippen LogP contribution in [0.1, 0.15) is 41.8 Å². The Morgan fingerprint density at radius 1 is 1.19 bits per heavy atom. The fourth-order valence-electron chi connectivity index (χ4n) is 4.24. The minimum Gasteiger partial charge on any atom is -0.489 e. The Morgan fingerprint density at radius 3 is 2.69 bits per heavy atom. The third-order valence-corrected chi connectivity index (χ3v) is 7.46. The molecule has 1 aromatic carbocycles. The first kappa shape index (κ1) is 26.0. The van der Waals surface area contributed by atoms with E-state index in [-0.39, 0.29) is 18.2 Å². The zero-order valence-electron chi connectivity index (χ0n) is 20.2. The maximum absolute atomic E-state index is 12.8. The predicted octanol–water partition coefficient (Wildman–Crippen LogP) is 6.89. The van der Waals surface area contributed by atoms with Crippen molar-refractivity contribution in [3.8, 4) is 10.8 Å². The average molecular weight is 515 g/mol. The van der Waals surface area contributed by atoms with Gasteiger partial charge in [-0.2, -0.15) is 13.2 Å². The van der Waals surface area contributed by atoms with Crippen LogP contribution in [0.4, 0.5) is 13.2 Å². The zero-order chi connectivity index (χ0) is 25.7. The van der Waals surface area contributed by atoms with E-state index in [9.17, 15) is 18.0 Å². The Balaban J connectivity index is 1.39. The van der Waals surface area contributed by atoms with Gasteiger partial charge in [-0.05, 0) is 55.0 Å². The zero-order valence-corrected chi connectivity index (χ0v) is 21.0. The number of aryl methyl sites for hydroxylation is 1. The van der Waals surface area contributed by atoms with Gasteiger partial charge in [0.25, 0.3) is 5.56 Å². The van der Waals surface area contributed by atoms with Crippen LogP contribution in [0, 0.1) is 12.8 Å². The molecule has 0 radical (unpaired) electrons. The third kappa shape index (κ3) is 6.98. The van der Waals surface area contributed by atoms with Crippen LogP contribution in [0.3, 0.4) is 0 Å². The standard InChI is InChI=1S/C28H29F3N2O2S/c1-19-13-26(36-27(19)20(2)32-17-21-7-4-3-5-8-21)33-12-11-24(15-25(33)34)35-18-23-10-6-9-22(14-23)16-28(29,30)31/h3-8,10-15,20,22,32H,9,16-18H2,1-2H3. The van der Waals surface area contributed by atoms with Crippen LogP contribution in [0.15, 0.2) is 83.3 Å². The number of aromatic nitrogens is 1. The van der Waals surface area contributed by atoms with Crippen LogP contribution >= 0.6 is 11.3 Å². The number of benzene rings is 1. The highest BCUT2D eigenvalue weighted by atomic mass is 32.1. The SMILES string of the molecule is Cc1cc(-n2ccc(OCC3=CC(CC(F)(F)F)CC=C3)cc2=O)sc1C(C)NCc1ccccc1. The lowest BCUT2D eigenvalue weighted by Gasteiger charge is -2.18. The van der Waals surface area contributed by atoms with E-state index in [0.29, 0.717) is 17.7 Å². The molecule has 2 unspecified atom stereocenters. The molecule has 8 heteroatoms. The monoisotopic (exact) mass is 514 g/mol. The lowest BCUT2D eigenvalue weighted by molar-refractivity contribution is -0.141. The van der Waals surface area contributed by atoms with Crippen LogP contribution in [-0.2, 0) is 6.54 Å². The molecule has 2 heterocycles.